The van der Waals surface area contributed by atoms with Gasteiger partial charge in [0.1, 0.15) is 5.75 Å². The third-order valence-corrected chi connectivity index (χ3v) is 2.88. The van der Waals surface area contributed by atoms with Crippen LogP contribution in [0.4, 0.5) is 0 Å². The maximum atomic E-state index is 5.23. The van der Waals surface area contributed by atoms with E-state index in [2.05, 4.69) is 29.7 Å². The van der Waals surface area contributed by atoms with Gasteiger partial charge in [-0.2, -0.15) is 5.48 Å². The standard InChI is InChI=1S/C15H19NO3/c1-17-7-8-19-16-11-12-3-4-14-10-15(18-2)6-5-13(14)9-12/h3-6,9-10,16H,7-8,11H2,1-2H3. The van der Waals surface area contributed by atoms with Crippen molar-refractivity contribution >= 4 is 10.8 Å². The smallest absolute Gasteiger partial charge is 0.119 e. The summed E-state index contributed by atoms with van der Waals surface area (Å²) in [7, 11) is 3.33. The highest BCUT2D eigenvalue weighted by Crippen LogP contribution is 2.21. The largest absolute Gasteiger partial charge is 0.497 e. The van der Waals surface area contributed by atoms with E-state index in [9.17, 15) is 0 Å². The van der Waals surface area contributed by atoms with Crippen molar-refractivity contribution in [2.75, 3.05) is 27.4 Å². The lowest BCUT2D eigenvalue weighted by Crippen LogP contribution is -2.17. The molecule has 0 spiro atoms. The maximum Gasteiger partial charge on any atom is 0.119 e. The Labute approximate surface area is 113 Å². The molecule has 0 aliphatic carbocycles. The molecule has 0 atom stereocenters. The lowest BCUT2D eigenvalue weighted by atomic mass is 10.1. The van der Waals surface area contributed by atoms with Crippen LogP contribution in [-0.2, 0) is 16.1 Å². The quantitative estimate of drug-likeness (QED) is 0.614. The Morgan fingerprint density at radius 1 is 0.947 bits per heavy atom. The third-order valence-electron chi connectivity index (χ3n) is 2.88. The Kier molecular flexibility index (Phi) is 5.15. The van der Waals surface area contributed by atoms with Gasteiger partial charge in [0, 0.05) is 13.7 Å². The molecule has 4 heteroatoms. The van der Waals surface area contributed by atoms with Crippen molar-refractivity contribution in [2.45, 2.75) is 6.54 Å². The molecule has 0 aliphatic heterocycles. The van der Waals surface area contributed by atoms with Gasteiger partial charge in [0.25, 0.3) is 0 Å². The molecule has 1 N–H and O–H groups in total. The molecule has 0 bridgehead atoms. The van der Waals surface area contributed by atoms with Crippen molar-refractivity contribution < 1.29 is 14.3 Å². The molecule has 19 heavy (non-hydrogen) atoms. The summed E-state index contributed by atoms with van der Waals surface area (Å²) >= 11 is 0. The van der Waals surface area contributed by atoms with Gasteiger partial charge < -0.3 is 9.47 Å². The SMILES string of the molecule is COCCONCc1ccc2cc(OC)ccc2c1. The second-order valence-electron chi connectivity index (χ2n) is 4.21. The second kappa shape index (κ2) is 7.09. The molecule has 0 saturated carbocycles. The fourth-order valence-corrected chi connectivity index (χ4v) is 1.84. The van der Waals surface area contributed by atoms with Gasteiger partial charge in [0.15, 0.2) is 0 Å². The van der Waals surface area contributed by atoms with E-state index < -0.39 is 0 Å². The monoisotopic (exact) mass is 261 g/mol. The number of ether oxygens (including phenoxy) is 2. The van der Waals surface area contributed by atoms with Crippen LogP contribution in [0.15, 0.2) is 36.4 Å². The fourth-order valence-electron chi connectivity index (χ4n) is 1.84. The molecule has 102 valence electrons. The number of nitrogens with one attached hydrogen (secondary N) is 1. The van der Waals surface area contributed by atoms with Crippen LogP contribution in [0.25, 0.3) is 10.8 Å². The lowest BCUT2D eigenvalue weighted by molar-refractivity contribution is 0.00348. The van der Waals surface area contributed by atoms with Crippen molar-refractivity contribution in [2.24, 2.45) is 0 Å². The van der Waals surface area contributed by atoms with E-state index in [1.54, 1.807) is 14.2 Å². The minimum absolute atomic E-state index is 0.543. The van der Waals surface area contributed by atoms with E-state index in [1.165, 1.54) is 16.3 Å². The van der Waals surface area contributed by atoms with Gasteiger partial charge in [-0.05, 0) is 34.5 Å². The van der Waals surface area contributed by atoms with Crippen LogP contribution in [0.2, 0.25) is 0 Å². The zero-order chi connectivity index (χ0) is 13.5. The number of fused-ring (bicyclic) bond motifs is 1. The zero-order valence-electron chi connectivity index (χ0n) is 11.3. The van der Waals surface area contributed by atoms with Gasteiger partial charge in [-0.1, -0.05) is 18.2 Å². The number of rotatable bonds is 7. The molecule has 0 aromatic heterocycles. The minimum atomic E-state index is 0.543. The number of hydroxylamine groups is 1. The first-order valence-corrected chi connectivity index (χ1v) is 6.24. The van der Waals surface area contributed by atoms with Crippen LogP contribution in [0.5, 0.6) is 5.75 Å². The Morgan fingerprint density at radius 2 is 1.74 bits per heavy atom. The highest BCUT2D eigenvalue weighted by molar-refractivity contribution is 5.84. The van der Waals surface area contributed by atoms with E-state index in [-0.39, 0.29) is 0 Å². The molecule has 0 unspecified atom stereocenters. The van der Waals surface area contributed by atoms with E-state index in [4.69, 9.17) is 14.3 Å². The topological polar surface area (TPSA) is 39.7 Å². The first kappa shape index (κ1) is 13.8. The van der Waals surface area contributed by atoms with Gasteiger partial charge in [0.05, 0.1) is 20.3 Å². The highest BCUT2D eigenvalue weighted by Gasteiger charge is 1.99. The van der Waals surface area contributed by atoms with E-state index in [0.29, 0.717) is 19.8 Å². The van der Waals surface area contributed by atoms with E-state index in [0.717, 1.165) is 5.75 Å². The molecule has 2 rings (SSSR count). The average Bonchev–Trinajstić information content (AvgIpc) is 2.46. The molecule has 0 fully saturated rings. The van der Waals surface area contributed by atoms with Gasteiger partial charge in [-0.3, -0.25) is 4.84 Å². The van der Waals surface area contributed by atoms with Crippen molar-refractivity contribution in [1.82, 2.24) is 5.48 Å². The van der Waals surface area contributed by atoms with Crippen LogP contribution in [0, 0.1) is 0 Å². The number of hydrogen-bond donors (Lipinski definition) is 1. The van der Waals surface area contributed by atoms with Crippen molar-refractivity contribution in [3.8, 4) is 5.75 Å². The summed E-state index contributed by atoms with van der Waals surface area (Å²) in [5.41, 5.74) is 4.10. The van der Waals surface area contributed by atoms with E-state index >= 15 is 0 Å². The normalized spacial score (nSPS) is 10.8. The van der Waals surface area contributed by atoms with Crippen molar-refractivity contribution in [3.63, 3.8) is 0 Å². The molecule has 2 aromatic carbocycles. The van der Waals surface area contributed by atoms with Gasteiger partial charge >= 0.3 is 0 Å². The molecule has 0 radical (unpaired) electrons. The summed E-state index contributed by atoms with van der Waals surface area (Å²) in [4.78, 5) is 5.23. The molecule has 0 saturated heterocycles. The maximum absolute atomic E-state index is 5.23. The number of benzene rings is 2. The Hall–Kier alpha value is -1.62. The molecule has 2 aromatic rings. The summed E-state index contributed by atoms with van der Waals surface area (Å²) in [6, 6.07) is 12.4. The van der Waals surface area contributed by atoms with E-state index in [1.807, 2.05) is 12.1 Å². The van der Waals surface area contributed by atoms with Crippen LogP contribution in [0.1, 0.15) is 5.56 Å². The van der Waals surface area contributed by atoms with Crippen LogP contribution >= 0.6 is 0 Å². The third kappa shape index (κ3) is 3.92. The van der Waals surface area contributed by atoms with Crippen molar-refractivity contribution in [3.05, 3.63) is 42.0 Å². The molecular formula is C15H19NO3. The summed E-state index contributed by atoms with van der Waals surface area (Å²) in [5, 5.41) is 2.36. The Bertz CT molecular complexity index is 528. The van der Waals surface area contributed by atoms with Crippen molar-refractivity contribution in [1.29, 1.82) is 0 Å². The predicted octanol–water partition coefficient (Wildman–Crippen LogP) is 2.52. The average molecular weight is 261 g/mol. The minimum Gasteiger partial charge on any atom is -0.497 e. The second-order valence-corrected chi connectivity index (χ2v) is 4.21. The number of hydrogen-bond acceptors (Lipinski definition) is 4. The summed E-state index contributed by atoms with van der Waals surface area (Å²) < 4.78 is 10.1. The summed E-state index contributed by atoms with van der Waals surface area (Å²) in [5.74, 6) is 0.876. The highest BCUT2D eigenvalue weighted by atomic mass is 16.7. The first-order chi connectivity index (χ1) is 9.33. The van der Waals surface area contributed by atoms with Gasteiger partial charge in [-0.25, -0.2) is 0 Å². The molecule has 0 aliphatic rings. The van der Waals surface area contributed by atoms with Crippen LogP contribution < -0.4 is 10.2 Å². The molecule has 0 amide bonds. The lowest BCUT2D eigenvalue weighted by Gasteiger charge is -2.07. The molecular weight excluding hydrogens is 242 g/mol. The Balaban J connectivity index is 1.97. The molecule has 0 heterocycles. The first-order valence-electron chi connectivity index (χ1n) is 6.24. The predicted molar refractivity (Wildman–Crippen MR) is 75.2 cm³/mol. The van der Waals surface area contributed by atoms with Gasteiger partial charge in [-0.15, -0.1) is 0 Å². The fraction of sp³-hybridized carbons (Fsp3) is 0.333. The van der Waals surface area contributed by atoms with Crippen LogP contribution in [0.3, 0.4) is 0 Å². The van der Waals surface area contributed by atoms with Gasteiger partial charge in [0.2, 0.25) is 0 Å². The van der Waals surface area contributed by atoms with Crippen LogP contribution in [-0.4, -0.2) is 27.4 Å². The summed E-state index contributed by atoms with van der Waals surface area (Å²) in [6.07, 6.45) is 0. The molecule has 4 nitrogen and oxygen atoms in total. The Morgan fingerprint density at radius 3 is 2.53 bits per heavy atom. The zero-order valence-corrected chi connectivity index (χ0v) is 11.3. The summed E-state index contributed by atoms with van der Waals surface area (Å²) in [6.45, 7) is 1.80. The number of methoxy groups -OCH3 is 2.